The number of thiophene rings is 1. The maximum atomic E-state index is 3.40. The summed E-state index contributed by atoms with van der Waals surface area (Å²) in [5.41, 5.74) is 1.45. The van der Waals surface area contributed by atoms with Crippen LogP contribution in [0.5, 0.6) is 0 Å². The molecule has 1 aliphatic heterocycles. The molecule has 0 aliphatic carbocycles. The minimum absolute atomic E-state index is 0.681. The van der Waals surface area contributed by atoms with Crippen LogP contribution < -0.4 is 5.32 Å². The SMILES string of the molecule is Cc1ccsc1C1CCN1. The molecule has 0 saturated carbocycles. The molecular weight excluding hydrogens is 142 g/mol. The Morgan fingerprint density at radius 1 is 1.70 bits per heavy atom. The van der Waals surface area contributed by atoms with Crippen molar-refractivity contribution in [1.29, 1.82) is 0 Å². The van der Waals surface area contributed by atoms with Gasteiger partial charge in [-0.3, -0.25) is 0 Å². The first-order chi connectivity index (χ1) is 4.88. The van der Waals surface area contributed by atoms with Crippen LogP contribution in [0, 0.1) is 6.92 Å². The van der Waals surface area contributed by atoms with E-state index < -0.39 is 0 Å². The molecule has 10 heavy (non-hydrogen) atoms. The lowest BCUT2D eigenvalue weighted by molar-refractivity contribution is 0.388. The minimum atomic E-state index is 0.681. The largest absolute Gasteiger partial charge is 0.309 e. The first-order valence-electron chi connectivity index (χ1n) is 3.65. The van der Waals surface area contributed by atoms with Gasteiger partial charge < -0.3 is 5.32 Å². The van der Waals surface area contributed by atoms with Crippen molar-refractivity contribution in [2.45, 2.75) is 19.4 Å². The summed E-state index contributed by atoms with van der Waals surface area (Å²) in [6.07, 6.45) is 1.32. The average molecular weight is 153 g/mol. The Morgan fingerprint density at radius 3 is 2.90 bits per heavy atom. The normalized spacial score (nSPS) is 24.3. The average Bonchev–Trinajstić information content (AvgIpc) is 2.12. The zero-order valence-electron chi connectivity index (χ0n) is 6.05. The standard InChI is InChI=1S/C8H11NS/c1-6-3-5-10-8(6)7-2-4-9-7/h3,5,7,9H,2,4H2,1H3. The van der Waals surface area contributed by atoms with Crippen molar-refractivity contribution >= 4 is 11.3 Å². The predicted octanol–water partition coefficient (Wildman–Crippen LogP) is 2.09. The summed E-state index contributed by atoms with van der Waals surface area (Å²) in [4.78, 5) is 1.53. The highest BCUT2D eigenvalue weighted by Crippen LogP contribution is 2.29. The van der Waals surface area contributed by atoms with Crippen LogP contribution in [0.25, 0.3) is 0 Å². The highest BCUT2D eigenvalue weighted by Gasteiger charge is 2.20. The lowest BCUT2D eigenvalue weighted by atomic mass is 10.0. The summed E-state index contributed by atoms with van der Waals surface area (Å²) in [6, 6.07) is 2.88. The molecular formula is C8H11NS. The van der Waals surface area contributed by atoms with Crippen LogP contribution in [-0.4, -0.2) is 6.54 Å². The monoisotopic (exact) mass is 153 g/mol. The zero-order chi connectivity index (χ0) is 6.97. The van der Waals surface area contributed by atoms with Crippen molar-refractivity contribution in [3.05, 3.63) is 21.9 Å². The van der Waals surface area contributed by atoms with Gasteiger partial charge >= 0.3 is 0 Å². The second-order valence-corrected chi connectivity index (χ2v) is 3.71. The number of rotatable bonds is 1. The van der Waals surface area contributed by atoms with Gasteiger partial charge in [-0.05, 0) is 36.9 Å². The summed E-state index contributed by atoms with van der Waals surface area (Å²) < 4.78 is 0. The third kappa shape index (κ3) is 0.879. The molecule has 1 unspecified atom stereocenters. The second-order valence-electron chi connectivity index (χ2n) is 2.76. The van der Waals surface area contributed by atoms with E-state index in [0.29, 0.717) is 6.04 Å². The van der Waals surface area contributed by atoms with E-state index >= 15 is 0 Å². The Kier molecular flexibility index (Phi) is 1.51. The van der Waals surface area contributed by atoms with Gasteiger partial charge in [0, 0.05) is 10.9 Å². The van der Waals surface area contributed by atoms with Crippen LogP contribution in [0.2, 0.25) is 0 Å². The number of aryl methyl sites for hydroxylation is 1. The molecule has 0 bridgehead atoms. The van der Waals surface area contributed by atoms with Gasteiger partial charge in [-0.15, -0.1) is 11.3 Å². The predicted molar refractivity (Wildman–Crippen MR) is 44.4 cm³/mol. The van der Waals surface area contributed by atoms with E-state index in [4.69, 9.17) is 0 Å². The summed E-state index contributed by atoms with van der Waals surface area (Å²) in [5.74, 6) is 0. The molecule has 0 amide bonds. The van der Waals surface area contributed by atoms with Crippen molar-refractivity contribution in [2.75, 3.05) is 6.54 Å². The molecule has 0 radical (unpaired) electrons. The Hall–Kier alpha value is -0.340. The molecule has 1 fully saturated rings. The Labute approximate surface area is 65.1 Å². The number of nitrogens with one attached hydrogen (secondary N) is 1. The van der Waals surface area contributed by atoms with Gasteiger partial charge in [0.05, 0.1) is 0 Å². The van der Waals surface area contributed by atoms with Crippen molar-refractivity contribution in [1.82, 2.24) is 5.32 Å². The molecule has 1 N–H and O–H groups in total. The summed E-state index contributed by atoms with van der Waals surface area (Å²) >= 11 is 1.87. The number of hydrogen-bond acceptors (Lipinski definition) is 2. The van der Waals surface area contributed by atoms with Gasteiger partial charge in [0.15, 0.2) is 0 Å². The first-order valence-corrected chi connectivity index (χ1v) is 4.53. The molecule has 54 valence electrons. The van der Waals surface area contributed by atoms with Gasteiger partial charge in [0.25, 0.3) is 0 Å². The van der Waals surface area contributed by atoms with E-state index in [1.807, 2.05) is 11.3 Å². The van der Waals surface area contributed by atoms with Gasteiger partial charge in [0.1, 0.15) is 0 Å². The van der Waals surface area contributed by atoms with E-state index in [2.05, 4.69) is 23.7 Å². The fraction of sp³-hybridized carbons (Fsp3) is 0.500. The molecule has 1 aliphatic rings. The fourth-order valence-corrected chi connectivity index (χ4v) is 2.29. The minimum Gasteiger partial charge on any atom is -0.309 e. The van der Waals surface area contributed by atoms with Gasteiger partial charge in [-0.1, -0.05) is 0 Å². The third-order valence-electron chi connectivity index (χ3n) is 2.04. The Bertz CT molecular complexity index is 225. The molecule has 2 rings (SSSR count). The Balaban J connectivity index is 2.23. The third-order valence-corrected chi connectivity index (χ3v) is 3.17. The summed E-state index contributed by atoms with van der Waals surface area (Å²) in [5, 5.41) is 5.57. The van der Waals surface area contributed by atoms with E-state index in [1.54, 1.807) is 0 Å². The van der Waals surface area contributed by atoms with Gasteiger partial charge in [-0.25, -0.2) is 0 Å². The van der Waals surface area contributed by atoms with Crippen molar-refractivity contribution in [3.8, 4) is 0 Å². The quantitative estimate of drug-likeness (QED) is 0.651. The van der Waals surface area contributed by atoms with Crippen LogP contribution in [0.1, 0.15) is 22.9 Å². The zero-order valence-corrected chi connectivity index (χ0v) is 6.87. The van der Waals surface area contributed by atoms with Crippen LogP contribution in [0.4, 0.5) is 0 Å². The van der Waals surface area contributed by atoms with Gasteiger partial charge in [-0.2, -0.15) is 0 Å². The second kappa shape index (κ2) is 2.36. The van der Waals surface area contributed by atoms with Crippen molar-refractivity contribution in [2.24, 2.45) is 0 Å². The molecule has 0 aromatic carbocycles. The highest BCUT2D eigenvalue weighted by molar-refractivity contribution is 7.10. The molecule has 1 saturated heterocycles. The maximum absolute atomic E-state index is 3.40. The van der Waals surface area contributed by atoms with E-state index in [0.717, 1.165) is 0 Å². The Morgan fingerprint density at radius 2 is 2.50 bits per heavy atom. The van der Waals surface area contributed by atoms with E-state index in [1.165, 1.54) is 23.4 Å². The molecule has 1 atom stereocenters. The van der Waals surface area contributed by atoms with Crippen LogP contribution in [-0.2, 0) is 0 Å². The van der Waals surface area contributed by atoms with Crippen molar-refractivity contribution < 1.29 is 0 Å². The maximum Gasteiger partial charge on any atom is 0.0429 e. The fourth-order valence-electron chi connectivity index (χ4n) is 1.25. The first kappa shape index (κ1) is 6.38. The molecule has 2 heterocycles. The molecule has 1 aromatic rings. The van der Waals surface area contributed by atoms with Gasteiger partial charge in [0.2, 0.25) is 0 Å². The smallest absolute Gasteiger partial charge is 0.0429 e. The van der Waals surface area contributed by atoms with E-state index in [-0.39, 0.29) is 0 Å². The summed E-state index contributed by atoms with van der Waals surface area (Å²) in [6.45, 7) is 3.38. The molecule has 2 heteroatoms. The van der Waals surface area contributed by atoms with E-state index in [9.17, 15) is 0 Å². The number of hydrogen-bond donors (Lipinski definition) is 1. The highest BCUT2D eigenvalue weighted by atomic mass is 32.1. The molecule has 1 aromatic heterocycles. The molecule has 1 nitrogen and oxygen atoms in total. The van der Waals surface area contributed by atoms with Crippen LogP contribution >= 0.6 is 11.3 Å². The lowest BCUT2D eigenvalue weighted by Crippen LogP contribution is -2.34. The van der Waals surface area contributed by atoms with Crippen molar-refractivity contribution in [3.63, 3.8) is 0 Å². The summed E-state index contributed by atoms with van der Waals surface area (Å²) in [7, 11) is 0. The molecule has 0 spiro atoms. The topological polar surface area (TPSA) is 12.0 Å². The lowest BCUT2D eigenvalue weighted by Gasteiger charge is -2.27. The van der Waals surface area contributed by atoms with Crippen LogP contribution in [0.3, 0.4) is 0 Å². The van der Waals surface area contributed by atoms with Crippen LogP contribution in [0.15, 0.2) is 11.4 Å².